The lowest BCUT2D eigenvalue weighted by Crippen LogP contribution is -2.12. The number of halogens is 1. The molecule has 0 heterocycles. The number of nitrogens with one attached hydrogen (secondary N) is 1. The number of carbonyl (C=O) groups is 1. The maximum Gasteiger partial charge on any atom is 0.269 e. The Morgan fingerprint density at radius 1 is 1.20 bits per heavy atom. The van der Waals surface area contributed by atoms with Crippen LogP contribution in [0.15, 0.2) is 42.5 Å². The molecule has 20 heavy (non-hydrogen) atoms. The van der Waals surface area contributed by atoms with Gasteiger partial charge in [0.05, 0.1) is 10.6 Å². The van der Waals surface area contributed by atoms with Crippen LogP contribution in [-0.4, -0.2) is 15.9 Å². The summed E-state index contributed by atoms with van der Waals surface area (Å²) in [6.07, 6.45) is 0. The van der Waals surface area contributed by atoms with E-state index in [0.717, 1.165) is 12.1 Å². The van der Waals surface area contributed by atoms with Gasteiger partial charge in [-0.25, -0.2) is 4.39 Å². The van der Waals surface area contributed by atoms with Crippen LogP contribution in [0.25, 0.3) is 0 Å². The third-order valence-electron chi connectivity index (χ3n) is 2.55. The fourth-order valence-electron chi connectivity index (χ4n) is 1.54. The number of phenolic OH excluding ortho intramolecular Hbond substituents is 1. The number of phenols is 1. The molecule has 0 saturated heterocycles. The van der Waals surface area contributed by atoms with Crippen molar-refractivity contribution >= 4 is 17.3 Å². The summed E-state index contributed by atoms with van der Waals surface area (Å²) in [5, 5.41) is 22.3. The van der Waals surface area contributed by atoms with Gasteiger partial charge in [-0.2, -0.15) is 0 Å². The molecular formula is C13H9FN2O4. The number of amides is 1. The van der Waals surface area contributed by atoms with Gasteiger partial charge in [0.1, 0.15) is 11.6 Å². The summed E-state index contributed by atoms with van der Waals surface area (Å²) in [7, 11) is 0. The van der Waals surface area contributed by atoms with E-state index in [4.69, 9.17) is 0 Å². The van der Waals surface area contributed by atoms with Crippen molar-refractivity contribution in [3.05, 3.63) is 64.0 Å². The zero-order chi connectivity index (χ0) is 14.7. The molecule has 1 amide bonds. The zero-order valence-corrected chi connectivity index (χ0v) is 10.0. The molecule has 0 fully saturated rings. The number of nitrogens with zero attached hydrogens (tertiary/aromatic N) is 1. The molecule has 0 aliphatic rings. The molecule has 0 spiro atoms. The fourth-order valence-corrected chi connectivity index (χ4v) is 1.54. The van der Waals surface area contributed by atoms with Gasteiger partial charge in [-0.1, -0.05) is 0 Å². The number of aromatic hydroxyl groups is 1. The third kappa shape index (κ3) is 2.89. The molecule has 0 radical (unpaired) electrons. The lowest BCUT2D eigenvalue weighted by molar-refractivity contribution is -0.384. The van der Waals surface area contributed by atoms with Crippen LogP contribution in [0.2, 0.25) is 0 Å². The Morgan fingerprint density at radius 3 is 2.40 bits per heavy atom. The first-order valence-electron chi connectivity index (χ1n) is 5.51. The van der Waals surface area contributed by atoms with Crippen LogP contribution < -0.4 is 5.32 Å². The van der Waals surface area contributed by atoms with E-state index in [1.165, 1.54) is 30.3 Å². The topological polar surface area (TPSA) is 92.5 Å². The molecule has 2 aromatic rings. The SMILES string of the molecule is O=C(Nc1ccc(F)cc1O)c1ccc([N+](=O)[O-])cc1. The first kappa shape index (κ1) is 13.5. The van der Waals surface area contributed by atoms with Crippen LogP contribution in [0, 0.1) is 15.9 Å². The monoisotopic (exact) mass is 276 g/mol. The Bertz CT molecular complexity index is 671. The summed E-state index contributed by atoms with van der Waals surface area (Å²) in [5.74, 6) is -1.60. The minimum absolute atomic E-state index is 0.0507. The minimum Gasteiger partial charge on any atom is -0.506 e. The first-order chi connectivity index (χ1) is 9.47. The van der Waals surface area contributed by atoms with E-state index < -0.39 is 22.4 Å². The Balaban J connectivity index is 2.17. The molecule has 0 bridgehead atoms. The van der Waals surface area contributed by atoms with E-state index in [2.05, 4.69) is 5.32 Å². The summed E-state index contributed by atoms with van der Waals surface area (Å²) in [6, 6.07) is 8.13. The van der Waals surface area contributed by atoms with Gasteiger partial charge in [0.2, 0.25) is 0 Å². The van der Waals surface area contributed by atoms with Gasteiger partial charge in [0.25, 0.3) is 11.6 Å². The molecule has 0 aliphatic carbocycles. The second-order valence-corrected chi connectivity index (χ2v) is 3.92. The standard InChI is InChI=1S/C13H9FN2O4/c14-9-3-6-11(12(17)7-9)15-13(18)8-1-4-10(5-2-8)16(19)20/h1-7,17H,(H,15,18). The van der Waals surface area contributed by atoms with E-state index in [9.17, 15) is 24.4 Å². The predicted molar refractivity (Wildman–Crippen MR) is 69.1 cm³/mol. The molecular weight excluding hydrogens is 267 g/mol. The Morgan fingerprint density at radius 2 is 1.85 bits per heavy atom. The molecule has 0 aliphatic heterocycles. The van der Waals surface area contributed by atoms with E-state index in [1.54, 1.807) is 0 Å². The van der Waals surface area contributed by atoms with Gasteiger partial charge in [-0.15, -0.1) is 0 Å². The molecule has 0 aromatic heterocycles. The average Bonchev–Trinajstić information content (AvgIpc) is 2.42. The fraction of sp³-hybridized carbons (Fsp3) is 0. The first-order valence-corrected chi connectivity index (χ1v) is 5.51. The van der Waals surface area contributed by atoms with Crippen LogP contribution in [0.1, 0.15) is 10.4 Å². The van der Waals surface area contributed by atoms with Gasteiger partial charge in [-0.3, -0.25) is 14.9 Å². The predicted octanol–water partition coefficient (Wildman–Crippen LogP) is 2.69. The zero-order valence-electron chi connectivity index (χ0n) is 10.0. The molecule has 2 rings (SSSR count). The van der Waals surface area contributed by atoms with Crippen molar-refractivity contribution < 1.29 is 19.2 Å². The van der Waals surface area contributed by atoms with Crippen molar-refractivity contribution in [1.82, 2.24) is 0 Å². The molecule has 7 heteroatoms. The lowest BCUT2D eigenvalue weighted by atomic mass is 10.2. The van der Waals surface area contributed by atoms with Gasteiger partial charge in [-0.05, 0) is 24.3 Å². The second-order valence-electron chi connectivity index (χ2n) is 3.92. The van der Waals surface area contributed by atoms with Crippen LogP contribution in [0.5, 0.6) is 5.75 Å². The molecule has 6 nitrogen and oxygen atoms in total. The van der Waals surface area contributed by atoms with E-state index in [1.807, 2.05) is 0 Å². The van der Waals surface area contributed by atoms with Crippen molar-refractivity contribution in [2.45, 2.75) is 0 Å². The third-order valence-corrected chi connectivity index (χ3v) is 2.55. The number of non-ortho nitro benzene ring substituents is 1. The van der Waals surface area contributed by atoms with Gasteiger partial charge in [0, 0.05) is 23.8 Å². The number of carbonyl (C=O) groups excluding carboxylic acids is 1. The van der Waals surface area contributed by atoms with Crippen LogP contribution >= 0.6 is 0 Å². The summed E-state index contributed by atoms with van der Waals surface area (Å²) in [4.78, 5) is 21.8. The molecule has 0 saturated carbocycles. The quantitative estimate of drug-likeness (QED) is 0.512. The van der Waals surface area contributed by atoms with Crippen LogP contribution in [0.4, 0.5) is 15.8 Å². The highest BCUT2D eigenvalue weighted by Gasteiger charge is 2.11. The normalized spacial score (nSPS) is 10.1. The van der Waals surface area contributed by atoms with Gasteiger partial charge >= 0.3 is 0 Å². The second kappa shape index (κ2) is 5.35. The molecule has 2 N–H and O–H groups in total. The number of hydrogen-bond donors (Lipinski definition) is 2. The number of nitro benzene ring substituents is 1. The summed E-state index contributed by atoms with van der Waals surface area (Å²) in [5.41, 5.74) is 0.0975. The molecule has 0 atom stereocenters. The largest absolute Gasteiger partial charge is 0.506 e. The lowest BCUT2D eigenvalue weighted by Gasteiger charge is -2.07. The highest BCUT2D eigenvalue weighted by molar-refractivity contribution is 6.05. The maximum absolute atomic E-state index is 12.8. The number of benzene rings is 2. The van der Waals surface area contributed by atoms with Crippen molar-refractivity contribution in [2.24, 2.45) is 0 Å². The average molecular weight is 276 g/mol. The Hall–Kier alpha value is -2.96. The van der Waals surface area contributed by atoms with Crippen LogP contribution in [-0.2, 0) is 0 Å². The van der Waals surface area contributed by atoms with Gasteiger partial charge < -0.3 is 10.4 Å². The number of rotatable bonds is 3. The van der Waals surface area contributed by atoms with Crippen molar-refractivity contribution in [2.75, 3.05) is 5.32 Å². The van der Waals surface area contributed by atoms with Crippen molar-refractivity contribution in [3.63, 3.8) is 0 Å². The molecule has 102 valence electrons. The highest BCUT2D eigenvalue weighted by Crippen LogP contribution is 2.24. The molecule has 2 aromatic carbocycles. The van der Waals surface area contributed by atoms with Crippen LogP contribution in [0.3, 0.4) is 0 Å². The number of nitro groups is 1. The van der Waals surface area contributed by atoms with Crippen molar-refractivity contribution in [3.8, 4) is 5.75 Å². The van der Waals surface area contributed by atoms with E-state index in [-0.39, 0.29) is 16.9 Å². The van der Waals surface area contributed by atoms with Crippen molar-refractivity contribution in [1.29, 1.82) is 0 Å². The number of anilines is 1. The maximum atomic E-state index is 12.8. The summed E-state index contributed by atoms with van der Waals surface area (Å²) >= 11 is 0. The smallest absolute Gasteiger partial charge is 0.269 e. The Labute approximate surface area is 112 Å². The number of hydrogen-bond acceptors (Lipinski definition) is 4. The van der Waals surface area contributed by atoms with E-state index >= 15 is 0 Å². The Kier molecular flexibility index (Phi) is 3.60. The summed E-state index contributed by atoms with van der Waals surface area (Å²) < 4.78 is 12.8. The minimum atomic E-state index is -0.629. The summed E-state index contributed by atoms with van der Waals surface area (Å²) in [6.45, 7) is 0. The van der Waals surface area contributed by atoms with E-state index in [0.29, 0.717) is 0 Å². The molecule has 0 unspecified atom stereocenters. The van der Waals surface area contributed by atoms with Gasteiger partial charge in [0.15, 0.2) is 0 Å². The highest BCUT2D eigenvalue weighted by atomic mass is 19.1.